The summed E-state index contributed by atoms with van der Waals surface area (Å²) in [4.78, 5) is 8.11. The summed E-state index contributed by atoms with van der Waals surface area (Å²) in [5.74, 6) is 0.370. The molecule has 12 heavy (non-hydrogen) atoms. The smallest absolute Gasteiger partial charge is 0.260 e. The Bertz CT molecular complexity index is 394. The van der Waals surface area contributed by atoms with Crippen molar-refractivity contribution in [3.63, 3.8) is 0 Å². The van der Waals surface area contributed by atoms with Crippen molar-refractivity contribution in [1.29, 1.82) is 0 Å². The molecule has 2 rings (SSSR count). The highest BCUT2D eigenvalue weighted by atomic mass is 16.5. The van der Waals surface area contributed by atoms with Crippen LogP contribution >= 0.6 is 0 Å². The second kappa shape index (κ2) is 2.55. The molecule has 0 atom stereocenters. The lowest BCUT2D eigenvalue weighted by atomic mass is 10.1. The number of hydrogen-bond donors (Lipinski definition) is 0. The van der Waals surface area contributed by atoms with Crippen molar-refractivity contribution < 1.29 is 4.52 Å². The highest BCUT2D eigenvalue weighted by molar-refractivity contribution is 5.74. The Balaban J connectivity index is 2.73. The molecule has 0 aromatic carbocycles. The van der Waals surface area contributed by atoms with Gasteiger partial charge in [-0.1, -0.05) is 19.0 Å². The predicted molar refractivity (Wildman–Crippen MR) is 43.7 cm³/mol. The second-order valence-electron chi connectivity index (χ2n) is 2.96. The standard InChI is InChI=1S/C8H9N3O/c1-5(2)7-6-3-11-12-8(6)10-4-9-7/h3-5H,1-2H3. The molecule has 0 fully saturated rings. The minimum atomic E-state index is 0.370. The van der Waals surface area contributed by atoms with Gasteiger partial charge >= 0.3 is 0 Å². The Labute approximate surface area is 69.6 Å². The summed E-state index contributed by atoms with van der Waals surface area (Å²) in [5, 5.41) is 4.58. The number of aromatic nitrogens is 3. The number of fused-ring (bicyclic) bond motifs is 1. The molecular weight excluding hydrogens is 154 g/mol. The van der Waals surface area contributed by atoms with Gasteiger partial charge in [-0.2, -0.15) is 4.98 Å². The zero-order chi connectivity index (χ0) is 8.55. The lowest BCUT2D eigenvalue weighted by molar-refractivity contribution is 0.448. The molecule has 2 aromatic heterocycles. The molecular formula is C8H9N3O. The van der Waals surface area contributed by atoms with Crippen molar-refractivity contribution in [2.45, 2.75) is 19.8 Å². The van der Waals surface area contributed by atoms with Crippen LogP contribution in [0, 0.1) is 0 Å². The van der Waals surface area contributed by atoms with Crippen LogP contribution in [0.1, 0.15) is 25.5 Å². The largest absolute Gasteiger partial charge is 0.336 e. The predicted octanol–water partition coefficient (Wildman–Crippen LogP) is 1.74. The van der Waals surface area contributed by atoms with Crippen molar-refractivity contribution in [3.8, 4) is 0 Å². The van der Waals surface area contributed by atoms with Crippen LogP contribution in [0.3, 0.4) is 0 Å². The average Bonchev–Trinajstić information content (AvgIpc) is 2.49. The zero-order valence-corrected chi connectivity index (χ0v) is 6.98. The quantitative estimate of drug-likeness (QED) is 0.642. The third kappa shape index (κ3) is 0.958. The monoisotopic (exact) mass is 163 g/mol. The van der Waals surface area contributed by atoms with Crippen LogP contribution in [0.15, 0.2) is 17.0 Å². The van der Waals surface area contributed by atoms with Crippen molar-refractivity contribution in [1.82, 2.24) is 15.1 Å². The van der Waals surface area contributed by atoms with Gasteiger partial charge in [-0.05, 0) is 5.92 Å². The molecule has 2 aromatic rings. The molecule has 0 aliphatic heterocycles. The molecule has 0 spiro atoms. The topological polar surface area (TPSA) is 51.8 Å². The molecule has 0 radical (unpaired) electrons. The third-order valence-corrected chi connectivity index (χ3v) is 1.75. The Morgan fingerprint density at radius 3 is 2.92 bits per heavy atom. The lowest BCUT2D eigenvalue weighted by Crippen LogP contribution is -1.93. The summed E-state index contributed by atoms with van der Waals surface area (Å²) in [6.45, 7) is 4.16. The van der Waals surface area contributed by atoms with Crippen LogP contribution in [-0.2, 0) is 0 Å². The Morgan fingerprint density at radius 1 is 1.33 bits per heavy atom. The van der Waals surface area contributed by atoms with Crippen molar-refractivity contribution in [2.24, 2.45) is 0 Å². The van der Waals surface area contributed by atoms with E-state index in [9.17, 15) is 0 Å². The van der Waals surface area contributed by atoms with Crippen molar-refractivity contribution in [3.05, 3.63) is 18.2 Å². The van der Waals surface area contributed by atoms with Gasteiger partial charge in [0.15, 0.2) is 0 Å². The average molecular weight is 163 g/mol. The number of nitrogens with zero attached hydrogens (tertiary/aromatic N) is 3. The summed E-state index contributed by atoms with van der Waals surface area (Å²) < 4.78 is 4.91. The highest BCUT2D eigenvalue weighted by Crippen LogP contribution is 2.20. The molecule has 0 aliphatic carbocycles. The van der Waals surface area contributed by atoms with E-state index in [0.29, 0.717) is 11.6 Å². The van der Waals surface area contributed by atoms with E-state index in [1.807, 2.05) is 0 Å². The summed E-state index contributed by atoms with van der Waals surface area (Å²) in [6, 6.07) is 0. The molecule has 62 valence electrons. The fourth-order valence-electron chi connectivity index (χ4n) is 1.18. The normalized spacial score (nSPS) is 11.2. The molecule has 0 saturated heterocycles. The maximum atomic E-state index is 4.91. The molecule has 0 bridgehead atoms. The minimum absolute atomic E-state index is 0.370. The SMILES string of the molecule is CC(C)c1ncnc2oncc12. The second-order valence-corrected chi connectivity index (χ2v) is 2.96. The van der Waals surface area contributed by atoms with Gasteiger partial charge in [0.25, 0.3) is 5.71 Å². The maximum Gasteiger partial charge on any atom is 0.260 e. The summed E-state index contributed by atoms with van der Waals surface area (Å²) in [7, 11) is 0. The zero-order valence-electron chi connectivity index (χ0n) is 6.98. The Kier molecular flexibility index (Phi) is 1.53. The van der Waals surface area contributed by atoms with E-state index in [1.54, 1.807) is 6.20 Å². The Hall–Kier alpha value is -1.45. The van der Waals surface area contributed by atoms with E-state index in [4.69, 9.17) is 4.52 Å². The fraction of sp³-hybridized carbons (Fsp3) is 0.375. The first-order valence-corrected chi connectivity index (χ1v) is 3.84. The summed E-state index contributed by atoms with van der Waals surface area (Å²) in [6.07, 6.45) is 3.16. The molecule has 0 unspecified atom stereocenters. The molecule has 0 amide bonds. The molecule has 4 nitrogen and oxygen atoms in total. The lowest BCUT2D eigenvalue weighted by Gasteiger charge is -2.01. The van der Waals surface area contributed by atoms with Crippen LogP contribution in [0.2, 0.25) is 0 Å². The number of rotatable bonds is 1. The van der Waals surface area contributed by atoms with Crippen molar-refractivity contribution >= 4 is 11.1 Å². The van der Waals surface area contributed by atoms with Gasteiger partial charge in [-0.3, -0.25) is 0 Å². The van der Waals surface area contributed by atoms with Gasteiger partial charge in [0, 0.05) is 0 Å². The van der Waals surface area contributed by atoms with E-state index >= 15 is 0 Å². The molecule has 0 saturated carbocycles. The molecule has 0 N–H and O–H groups in total. The summed E-state index contributed by atoms with van der Waals surface area (Å²) in [5.41, 5.74) is 1.55. The summed E-state index contributed by atoms with van der Waals surface area (Å²) >= 11 is 0. The first kappa shape index (κ1) is 7.21. The van der Waals surface area contributed by atoms with Crippen molar-refractivity contribution in [2.75, 3.05) is 0 Å². The van der Waals surface area contributed by atoms with Crippen LogP contribution in [0.25, 0.3) is 11.1 Å². The van der Waals surface area contributed by atoms with E-state index in [-0.39, 0.29) is 0 Å². The molecule has 0 aliphatic rings. The van der Waals surface area contributed by atoms with Crippen LogP contribution in [0.4, 0.5) is 0 Å². The molecule has 4 heteroatoms. The van der Waals surface area contributed by atoms with E-state index in [1.165, 1.54) is 6.33 Å². The van der Waals surface area contributed by atoms with Gasteiger partial charge in [0.05, 0.1) is 17.3 Å². The third-order valence-electron chi connectivity index (χ3n) is 1.75. The first-order chi connectivity index (χ1) is 5.79. The first-order valence-electron chi connectivity index (χ1n) is 3.84. The fourth-order valence-corrected chi connectivity index (χ4v) is 1.18. The van der Waals surface area contributed by atoms with Crippen LogP contribution < -0.4 is 0 Å². The van der Waals surface area contributed by atoms with E-state index in [2.05, 4.69) is 29.0 Å². The van der Waals surface area contributed by atoms with E-state index in [0.717, 1.165) is 11.1 Å². The van der Waals surface area contributed by atoms with Gasteiger partial charge in [-0.25, -0.2) is 4.98 Å². The van der Waals surface area contributed by atoms with E-state index < -0.39 is 0 Å². The maximum absolute atomic E-state index is 4.91. The van der Waals surface area contributed by atoms with Gasteiger partial charge in [-0.15, -0.1) is 0 Å². The van der Waals surface area contributed by atoms with Gasteiger partial charge in [0.1, 0.15) is 6.33 Å². The van der Waals surface area contributed by atoms with Gasteiger partial charge in [0.2, 0.25) is 0 Å². The van der Waals surface area contributed by atoms with Crippen LogP contribution in [-0.4, -0.2) is 15.1 Å². The molecule has 2 heterocycles. The minimum Gasteiger partial charge on any atom is -0.336 e. The van der Waals surface area contributed by atoms with Gasteiger partial charge < -0.3 is 4.52 Å². The van der Waals surface area contributed by atoms with Crippen LogP contribution in [0.5, 0.6) is 0 Å². The number of hydrogen-bond acceptors (Lipinski definition) is 4. The Morgan fingerprint density at radius 2 is 2.17 bits per heavy atom. The highest BCUT2D eigenvalue weighted by Gasteiger charge is 2.09.